The maximum atomic E-state index is 12.5. The molecule has 6 nitrogen and oxygen atoms in total. The van der Waals surface area contributed by atoms with Gasteiger partial charge in [0.25, 0.3) is 5.91 Å². The number of Topliss-reactive ketones (excluding diaryl/α,β-unsaturated/α-hetero) is 1. The van der Waals surface area contributed by atoms with E-state index in [-0.39, 0.29) is 11.5 Å². The molecular formula is C13H18N4O2. The second-order valence-corrected chi connectivity index (χ2v) is 4.96. The van der Waals surface area contributed by atoms with E-state index in [1.807, 2.05) is 25.2 Å². The molecule has 6 heteroatoms. The molecule has 0 saturated heterocycles. The summed E-state index contributed by atoms with van der Waals surface area (Å²) >= 11 is 0. The van der Waals surface area contributed by atoms with Gasteiger partial charge in [-0.05, 0) is 19.3 Å². The molecule has 1 aromatic heterocycles. The zero-order valence-corrected chi connectivity index (χ0v) is 11.4. The standard InChI is InChI=1S/C13H18N4O2/c1-16(2)7-8-5-4-6-9-10(13(14)19)15-17(3)11(9)12(8)18/h7H,4-6H2,1-3H3,(H2,14,19)/b8-7+. The minimum absolute atomic E-state index is 0.0660. The van der Waals surface area contributed by atoms with Gasteiger partial charge in [-0.2, -0.15) is 5.10 Å². The molecule has 0 saturated carbocycles. The summed E-state index contributed by atoms with van der Waals surface area (Å²) in [5, 5.41) is 4.08. The third-order valence-electron chi connectivity index (χ3n) is 3.17. The van der Waals surface area contributed by atoms with Crippen molar-refractivity contribution in [3.63, 3.8) is 0 Å². The summed E-state index contributed by atoms with van der Waals surface area (Å²) in [5.41, 5.74) is 7.44. The van der Waals surface area contributed by atoms with Crippen molar-refractivity contribution in [1.29, 1.82) is 0 Å². The van der Waals surface area contributed by atoms with E-state index in [1.165, 1.54) is 4.68 Å². The van der Waals surface area contributed by atoms with E-state index in [0.29, 0.717) is 24.1 Å². The van der Waals surface area contributed by atoms with Crippen LogP contribution in [0, 0.1) is 0 Å². The summed E-state index contributed by atoms with van der Waals surface area (Å²) in [6.07, 6.45) is 3.99. The van der Waals surface area contributed by atoms with Gasteiger partial charge in [-0.1, -0.05) is 0 Å². The van der Waals surface area contributed by atoms with E-state index >= 15 is 0 Å². The first-order chi connectivity index (χ1) is 8.91. The summed E-state index contributed by atoms with van der Waals surface area (Å²) < 4.78 is 1.46. The molecule has 0 spiro atoms. The van der Waals surface area contributed by atoms with E-state index in [1.54, 1.807) is 7.05 Å². The Bertz CT molecular complexity index is 569. The number of aryl methyl sites for hydroxylation is 1. The number of nitrogens with two attached hydrogens (primary N) is 1. The minimum atomic E-state index is -0.579. The van der Waals surface area contributed by atoms with Crippen molar-refractivity contribution in [3.8, 4) is 0 Å². The smallest absolute Gasteiger partial charge is 0.269 e. The van der Waals surface area contributed by atoms with Gasteiger partial charge in [0.1, 0.15) is 5.69 Å². The van der Waals surface area contributed by atoms with Crippen molar-refractivity contribution in [1.82, 2.24) is 14.7 Å². The van der Waals surface area contributed by atoms with E-state index in [0.717, 1.165) is 12.0 Å². The molecule has 0 bridgehead atoms. The van der Waals surface area contributed by atoms with Gasteiger partial charge in [0, 0.05) is 38.5 Å². The summed E-state index contributed by atoms with van der Waals surface area (Å²) in [6.45, 7) is 0. The molecule has 102 valence electrons. The van der Waals surface area contributed by atoms with Gasteiger partial charge in [-0.15, -0.1) is 0 Å². The highest BCUT2D eigenvalue weighted by Gasteiger charge is 2.28. The van der Waals surface area contributed by atoms with Gasteiger partial charge in [0.2, 0.25) is 5.78 Å². The average molecular weight is 262 g/mol. The van der Waals surface area contributed by atoms with Crippen LogP contribution in [-0.4, -0.2) is 40.5 Å². The molecule has 1 aromatic rings. The number of primary amides is 1. The third-order valence-corrected chi connectivity index (χ3v) is 3.17. The number of hydrogen-bond acceptors (Lipinski definition) is 4. The molecule has 0 unspecified atom stereocenters. The van der Waals surface area contributed by atoms with Crippen molar-refractivity contribution in [2.75, 3.05) is 14.1 Å². The Balaban J connectivity index is 2.55. The van der Waals surface area contributed by atoms with Gasteiger partial charge in [-0.25, -0.2) is 0 Å². The zero-order valence-electron chi connectivity index (χ0n) is 11.4. The predicted octanol–water partition coefficient (Wildman–Crippen LogP) is 0.483. The number of allylic oxidation sites excluding steroid dienone is 1. The number of carbonyl (C=O) groups excluding carboxylic acids is 2. The van der Waals surface area contributed by atoms with Crippen molar-refractivity contribution >= 4 is 11.7 Å². The minimum Gasteiger partial charge on any atom is -0.383 e. The number of aromatic nitrogens is 2. The number of nitrogens with zero attached hydrogens (tertiary/aromatic N) is 3. The molecule has 0 fully saturated rings. The molecule has 1 aliphatic rings. The summed E-state index contributed by atoms with van der Waals surface area (Å²) in [7, 11) is 5.43. The predicted molar refractivity (Wildman–Crippen MR) is 70.8 cm³/mol. The maximum absolute atomic E-state index is 12.5. The maximum Gasteiger partial charge on any atom is 0.269 e. The average Bonchev–Trinajstić information content (AvgIpc) is 2.55. The Labute approximate surface area is 111 Å². The first kappa shape index (κ1) is 13.3. The first-order valence-electron chi connectivity index (χ1n) is 6.19. The summed E-state index contributed by atoms with van der Waals surface area (Å²) in [4.78, 5) is 25.7. The highest BCUT2D eigenvalue weighted by molar-refractivity contribution is 6.10. The molecule has 2 rings (SSSR count). The van der Waals surface area contributed by atoms with Crippen LogP contribution in [0.15, 0.2) is 11.8 Å². The van der Waals surface area contributed by atoms with Gasteiger partial charge >= 0.3 is 0 Å². The molecule has 0 atom stereocenters. The second kappa shape index (κ2) is 4.87. The number of ketones is 1. The highest BCUT2D eigenvalue weighted by atomic mass is 16.1. The van der Waals surface area contributed by atoms with Crippen molar-refractivity contribution in [2.45, 2.75) is 19.3 Å². The van der Waals surface area contributed by atoms with Crippen molar-refractivity contribution < 1.29 is 9.59 Å². The van der Waals surface area contributed by atoms with Crippen LogP contribution in [0.3, 0.4) is 0 Å². The van der Waals surface area contributed by atoms with Crippen LogP contribution in [0.4, 0.5) is 0 Å². The lowest BCUT2D eigenvalue weighted by Gasteiger charge is -2.09. The van der Waals surface area contributed by atoms with Crippen molar-refractivity contribution in [2.24, 2.45) is 12.8 Å². The van der Waals surface area contributed by atoms with Gasteiger partial charge < -0.3 is 10.6 Å². The van der Waals surface area contributed by atoms with Crippen LogP contribution in [0.25, 0.3) is 0 Å². The SMILES string of the molecule is CN(C)/C=C1\CCCc2c(C(N)=O)nn(C)c2C1=O. The molecular weight excluding hydrogens is 244 g/mol. The fourth-order valence-electron chi connectivity index (χ4n) is 2.44. The Morgan fingerprint density at radius 3 is 2.68 bits per heavy atom. The van der Waals surface area contributed by atoms with Gasteiger partial charge in [-0.3, -0.25) is 14.3 Å². The monoisotopic (exact) mass is 262 g/mol. The first-order valence-corrected chi connectivity index (χ1v) is 6.19. The molecule has 19 heavy (non-hydrogen) atoms. The number of amides is 1. The fraction of sp³-hybridized carbons (Fsp3) is 0.462. The quantitative estimate of drug-likeness (QED) is 0.621. The van der Waals surface area contributed by atoms with E-state index < -0.39 is 5.91 Å². The molecule has 1 heterocycles. The Hall–Kier alpha value is -2.11. The second-order valence-electron chi connectivity index (χ2n) is 4.96. The summed E-state index contributed by atoms with van der Waals surface area (Å²) in [5.74, 6) is -0.645. The lowest BCUT2D eigenvalue weighted by atomic mass is 10.1. The molecule has 1 amide bonds. The van der Waals surface area contributed by atoms with E-state index in [9.17, 15) is 9.59 Å². The van der Waals surface area contributed by atoms with E-state index in [2.05, 4.69) is 5.10 Å². The number of fused-ring (bicyclic) bond motifs is 1. The molecule has 0 radical (unpaired) electrons. The van der Waals surface area contributed by atoms with Crippen LogP contribution < -0.4 is 5.73 Å². The van der Waals surface area contributed by atoms with Crippen LogP contribution >= 0.6 is 0 Å². The van der Waals surface area contributed by atoms with E-state index in [4.69, 9.17) is 5.73 Å². The Morgan fingerprint density at radius 2 is 2.11 bits per heavy atom. The number of rotatable bonds is 2. The van der Waals surface area contributed by atoms with Gasteiger partial charge in [0.15, 0.2) is 5.69 Å². The topological polar surface area (TPSA) is 81.2 Å². The van der Waals surface area contributed by atoms with Crippen LogP contribution in [0.5, 0.6) is 0 Å². The lowest BCUT2D eigenvalue weighted by molar-refractivity contribution is 0.0991. The summed E-state index contributed by atoms with van der Waals surface area (Å²) in [6, 6.07) is 0. The highest BCUT2D eigenvalue weighted by Crippen LogP contribution is 2.26. The largest absolute Gasteiger partial charge is 0.383 e. The van der Waals surface area contributed by atoms with Crippen LogP contribution in [-0.2, 0) is 13.5 Å². The zero-order chi connectivity index (χ0) is 14.2. The Morgan fingerprint density at radius 1 is 1.42 bits per heavy atom. The van der Waals surface area contributed by atoms with Gasteiger partial charge in [0.05, 0.1) is 0 Å². The molecule has 0 aromatic carbocycles. The fourth-order valence-corrected chi connectivity index (χ4v) is 2.44. The third kappa shape index (κ3) is 2.38. The number of carbonyl (C=O) groups is 2. The van der Waals surface area contributed by atoms with Crippen LogP contribution in [0.2, 0.25) is 0 Å². The Kier molecular flexibility index (Phi) is 3.42. The normalized spacial score (nSPS) is 17.2. The number of hydrogen-bond donors (Lipinski definition) is 1. The molecule has 2 N–H and O–H groups in total. The van der Waals surface area contributed by atoms with Crippen molar-refractivity contribution in [3.05, 3.63) is 28.7 Å². The molecule has 1 aliphatic carbocycles. The lowest BCUT2D eigenvalue weighted by Crippen LogP contribution is -2.14. The van der Waals surface area contributed by atoms with Crippen LogP contribution in [0.1, 0.15) is 39.4 Å². The molecule has 0 aliphatic heterocycles.